The highest BCUT2D eigenvalue weighted by Gasteiger charge is 2.52. The van der Waals surface area contributed by atoms with E-state index in [9.17, 15) is 0 Å². The smallest absolute Gasteiger partial charge is 0.343 e. The lowest BCUT2D eigenvalue weighted by Gasteiger charge is -2.46. The first-order valence-corrected chi connectivity index (χ1v) is 27.4. The van der Waals surface area contributed by atoms with E-state index in [1.807, 2.05) is 11.3 Å². The van der Waals surface area contributed by atoms with Crippen LogP contribution in [0, 0.1) is 0 Å². The lowest BCUT2D eigenvalue weighted by Crippen LogP contribution is -2.61. The van der Waals surface area contributed by atoms with E-state index in [-0.39, 0.29) is 28.5 Å². The number of aryl methyl sites for hydroxylation is 2. The largest absolute Gasteiger partial charge is 0.376 e. The number of rotatable bonds is 8. The van der Waals surface area contributed by atoms with Gasteiger partial charge in [0.15, 0.2) is 0 Å². The second-order valence-corrected chi connectivity index (χ2v) is 25.1. The summed E-state index contributed by atoms with van der Waals surface area (Å²) < 4.78 is 2.79. The average molecular weight is 931 g/mol. The third-order valence-electron chi connectivity index (χ3n) is 18.0. The molecule has 1 aromatic heterocycles. The molecule has 5 aliphatic rings. The molecular formula is C66H67BN2S. The normalized spacial score (nSPS) is 17.6. The van der Waals surface area contributed by atoms with Gasteiger partial charge in [0.1, 0.15) is 0 Å². The summed E-state index contributed by atoms with van der Waals surface area (Å²) in [5, 5.41) is 1.37. The fraction of sp³-hybridized carbons (Fsp3) is 0.333. The van der Waals surface area contributed by atoms with E-state index in [4.69, 9.17) is 0 Å². The number of thiophene rings is 1. The van der Waals surface area contributed by atoms with Gasteiger partial charge in [-0.05, 0) is 188 Å². The summed E-state index contributed by atoms with van der Waals surface area (Å²) in [7, 11) is 0. The average Bonchev–Trinajstić information content (AvgIpc) is 3.92. The van der Waals surface area contributed by atoms with Gasteiger partial charge < -0.3 is 9.71 Å². The summed E-state index contributed by atoms with van der Waals surface area (Å²) in [5.41, 5.74) is 27.8. The molecule has 0 radical (unpaired) electrons. The van der Waals surface area contributed by atoms with Crippen LogP contribution in [0.2, 0.25) is 0 Å². The molecule has 350 valence electrons. The molecule has 4 heteroatoms. The Morgan fingerprint density at radius 1 is 0.514 bits per heavy atom. The van der Waals surface area contributed by atoms with Crippen LogP contribution in [0.4, 0.5) is 28.4 Å². The van der Waals surface area contributed by atoms with E-state index in [0.717, 1.165) is 12.8 Å². The number of fused-ring (bicyclic) bond motifs is 14. The van der Waals surface area contributed by atoms with Crippen molar-refractivity contribution in [2.75, 3.05) is 9.71 Å². The minimum Gasteiger partial charge on any atom is -0.376 e. The maximum absolute atomic E-state index is 2.77. The Labute approximate surface area is 421 Å². The zero-order valence-electron chi connectivity index (χ0n) is 43.2. The van der Waals surface area contributed by atoms with Crippen LogP contribution < -0.4 is 20.0 Å². The summed E-state index contributed by atoms with van der Waals surface area (Å²) in [5.74, 6) is 0. The molecule has 8 aromatic rings. The van der Waals surface area contributed by atoms with E-state index in [1.165, 1.54) is 160 Å². The summed E-state index contributed by atoms with van der Waals surface area (Å²) in [6.07, 6.45) is 9.40. The Kier molecular flexibility index (Phi) is 9.67. The molecule has 0 spiro atoms. The molecule has 70 heavy (non-hydrogen) atoms. The monoisotopic (exact) mass is 931 g/mol. The predicted molar refractivity (Wildman–Crippen MR) is 303 cm³/mol. The molecule has 0 amide bonds. The number of para-hydroxylation sites is 1. The first-order chi connectivity index (χ1) is 33.6. The van der Waals surface area contributed by atoms with Gasteiger partial charge in [0.05, 0.1) is 5.69 Å². The maximum Gasteiger partial charge on any atom is 0.343 e. The van der Waals surface area contributed by atoms with Crippen LogP contribution in [0.1, 0.15) is 152 Å². The molecule has 2 aliphatic heterocycles. The molecule has 3 heterocycles. The number of hydrogen-bond acceptors (Lipinski definition) is 3. The molecule has 0 bridgehead atoms. The summed E-state index contributed by atoms with van der Waals surface area (Å²) in [4.78, 5) is 5.48. The Morgan fingerprint density at radius 3 is 1.89 bits per heavy atom. The first kappa shape index (κ1) is 44.1. The van der Waals surface area contributed by atoms with E-state index >= 15 is 0 Å². The molecule has 13 rings (SSSR count). The van der Waals surface area contributed by atoms with Crippen LogP contribution >= 0.6 is 11.3 Å². The van der Waals surface area contributed by atoms with Crippen molar-refractivity contribution in [3.63, 3.8) is 0 Å². The predicted octanol–water partition coefficient (Wildman–Crippen LogP) is 17.3. The fourth-order valence-corrected chi connectivity index (χ4v) is 15.3. The third kappa shape index (κ3) is 6.11. The minimum atomic E-state index is -0.224. The van der Waals surface area contributed by atoms with Crippen LogP contribution in [-0.4, -0.2) is 6.85 Å². The van der Waals surface area contributed by atoms with Crippen molar-refractivity contribution in [2.45, 2.75) is 142 Å². The minimum absolute atomic E-state index is 0.0462. The molecular weight excluding hydrogens is 864 g/mol. The van der Waals surface area contributed by atoms with Crippen molar-refractivity contribution >= 4 is 66.9 Å². The van der Waals surface area contributed by atoms with Gasteiger partial charge in [-0.3, -0.25) is 0 Å². The van der Waals surface area contributed by atoms with E-state index in [2.05, 4.69) is 206 Å². The van der Waals surface area contributed by atoms with Crippen molar-refractivity contribution in [1.82, 2.24) is 0 Å². The van der Waals surface area contributed by atoms with Crippen LogP contribution in [0.25, 0.3) is 43.5 Å². The van der Waals surface area contributed by atoms with Crippen molar-refractivity contribution in [2.24, 2.45) is 0 Å². The lowest BCUT2D eigenvalue weighted by atomic mass is 9.45. The Hall–Kier alpha value is -5.84. The number of anilines is 5. The van der Waals surface area contributed by atoms with Crippen molar-refractivity contribution < 1.29 is 0 Å². The summed E-state index contributed by atoms with van der Waals surface area (Å²) >= 11 is 2.02. The van der Waals surface area contributed by atoms with Crippen molar-refractivity contribution in [3.05, 3.63) is 172 Å². The lowest BCUT2D eigenvalue weighted by molar-refractivity contribution is 0.331. The van der Waals surface area contributed by atoms with Gasteiger partial charge in [-0.15, -0.1) is 11.3 Å². The van der Waals surface area contributed by atoms with Crippen LogP contribution in [-0.2, 0) is 34.5 Å². The topological polar surface area (TPSA) is 6.48 Å². The van der Waals surface area contributed by atoms with Crippen LogP contribution in [0.3, 0.4) is 0 Å². The van der Waals surface area contributed by atoms with Gasteiger partial charge in [-0.1, -0.05) is 149 Å². The zero-order chi connectivity index (χ0) is 48.2. The Balaban J connectivity index is 1.17. The molecule has 2 nitrogen and oxygen atoms in total. The summed E-state index contributed by atoms with van der Waals surface area (Å²) in [6, 6.07) is 51.1. The second kappa shape index (κ2) is 15.3. The molecule has 0 unspecified atom stereocenters. The summed E-state index contributed by atoms with van der Waals surface area (Å²) in [6.45, 7) is 24.5. The molecule has 0 saturated heterocycles. The van der Waals surface area contributed by atoms with Crippen LogP contribution in [0.5, 0.6) is 0 Å². The first-order valence-electron chi connectivity index (χ1n) is 26.6. The molecule has 0 atom stereocenters. The number of hydrogen-bond donors (Lipinski definition) is 0. The molecule has 0 saturated carbocycles. The van der Waals surface area contributed by atoms with Gasteiger partial charge in [0.2, 0.25) is 0 Å². The SMILES string of the molecule is CCCCc1ccc(N2c3cc4c(c5c3B(c3sc6ccc(CCCC)cc6c32)N(c2ccccc2)c2cc3c(cc2-5)-c2cc5c(cc2C3(C)C)C(C)(C)CCC5(C)C)C(C)(C)c2ccccc2-4)cc1. The molecule has 0 fully saturated rings. The van der Waals surface area contributed by atoms with Gasteiger partial charge in [0.25, 0.3) is 0 Å². The van der Waals surface area contributed by atoms with Gasteiger partial charge in [-0.2, -0.15) is 0 Å². The highest BCUT2D eigenvalue weighted by atomic mass is 32.1. The van der Waals surface area contributed by atoms with E-state index in [0.29, 0.717) is 0 Å². The quantitative estimate of drug-likeness (QED) is 0.140. The Bertz CT molecular complexity index is 3480. The standard InChI is InChI=1S/C66H67BN2S/c1-11-13-20-40-26-29-42(30-27-40)68-56-37-47-44-24-18-19-25-50(44)66(9,10)59(47)58-48-35-45-46-36-53-54(64(5,6)33-32-63(53,3)4)38-51(46)65(7,8)52(45)39-55(48)69(43-22-16-15-17-23-43)67(60(56)58)62-61(68)49-34-41(21-14-12-2)28-31-57(49)70-62/h15-19,22-31,34-39H,11-14,20-21,32-33H2,1-10H3. The molecule has 3 aliphatic carbocycles. The van der Waals surface area contributed by atoms with Crippen molar-refractivity contribution in [1.29, 1.82) is 0 Å². The van der Waals surface area contributed by atoms with E-state index in [1.54, 1.807) is 5.56 Å². The van der Waals surface area contributed by atoms with Gasteiger partial charge in [0, 0.05) is 54.0 Å². The maximum atomic E-state index is 2.77. The number of nitrogens with zero attached hydrogens (tertiary/aromatic N) is 2. The highest BCUT2D eigenvalue weighted by molar-refractivity contribution is 7.32. The third-order valence-corrected chi connectivity index (χ3v) is 19.2. The van der Waals surface area contributed by atoms with E-state index < -0.39 is 0 Å². The van der Waals surface area contributed by atoms with Crippen LogP contribution in [0.15, 0.2) is 127 Å². The zero-order valence-corrected chi connectivity index (χ0v) is 44.0. The number of unbranched alkanes of at least 4 members (excludes halogenated alkanes) is 2. The highest BCUT2D eigenvalue weighted by Crippen LogP contribution is 2.62. The molecule has 0 N–H and O–H groups in total. The number of benzene rings is 7. The molecule has 7 aromatic carbocycles. The van der Waals surface area contributed by atoms with Gasteiger partial charge >= 0.3 is 6.85 Å². The Morgan fingerprint density at radius 2 is 1.16 bits per heavy atom. The second-order valence-electron chi connectivity index (χ2n) is 24.0. The fourth-order valence-electron chi connectivity index (χ4n) is 14.0. The van der Waals surface area contributed by atoms with Gasteiger partial charge in [-0.25, -0.2) is 0 Å². The van der Waals surface area contributed by atoms with Crippen molar-refractivity contribution in [3.8, 4) is 33.4 Å².